The number of hydrogen-bond acceptors (Lipinski definition) is 2. The number of esters is 1. The summed E-state index contributed by atoms with van der Waals surface area (Å²) in [5, 5.41) is 0. The topological polar surface area (TPSA) is 26.3 Å². The molecule has 0 bridgehead atoms. The minimum atomic E-state index is -0.449. The Balaban J connectivity index is 4.08. The minimum absolute atomic E-state index is 0.160. The Morgan fingerprint density at radius 1 is 1.28 bits per heavy atom. The zero-order chi connectivity index (χ0) is 14.0. The molecule has 0 saturated carbocycles. The Morgan fingerprint density at radius 2 is 1.89 bits per heavy atom. The molecule has 0 aliphatic carbocycles. The molecular weight excluding hydrogens is 224 g/mol. The van der Waals surface area contributed by atoms with E-state index in [1.165, 1.54) is 25.7 Å². The third kappa shape index (κ3) is 8.14. The van der Waals surface area contributed by atoms with E-state index in [0.29, 0.717) is 0 Å². The molecule has 0 aliphatic rings. The lowest BCUT2D eigenvalue weighted by atomic mass is 9.97. The third-order valence-corrected chi connectivity index (χ3v) is 2.77. The molecule has 0 rings (SSSR count). The van der Waals surface area contributed by atoms with Crippen molar-refractivity contribution in [3.63, 3.8) is 0 Å². The van der Waals surface area contributed by atoms with Crippen molar-refractivity contribution in [1.29, 1.82) is 0 Å². The first kappa shape index (κ1) is 17.0. The van der Waals surface area contributed by atoms with E-state index in [4.69, 9.17) is 4.74 Å². The van der Waals surface area contributed by atoms with Crippen LogP contribution in [0.1, 0.15) is 66.2 Å². The van der Waals surface area contributed by atoms with E-state index in [1.54, 1.807) is 6.08 Å². The predicted octanol–water partition coefficient (Wildman–Crippen LogP) is 4.65. The number of ether oxygens (including phenoxy) is 1. The molecular formula is C16H28O2. The van der Waals surface area contributed by atoms with Gasteiger partial charge in [0.25, 0.3) is 0 Å². The summed E-state index contributed by atoms with van der Waals surface area (Å²) in [6, 6.07) is 0. The largest absolute Gasteiger partial charge is 0.457 e. The summed E-state index contributed by atoms with van der Waals surface area (Å²) >= 11 is 0. The molecule has 0 heterocycles. The predicted molar refractivity (Wildman–Crippen MR) is 76.4 cm³/mol. The SMILES string of the molecule is C=C=CC(CCCCCCC)OC(=O)C(C)(C)C. The molecule has 0 N–H and O–H groups in total. The molecule has 1 unspecified atom stereocenters. The van der Waals surface area contributed by atoms with Crippen LogP contribution in [-0.4, -0.2) is 12.1 Å². The van der Waals surface area contributed by atoms with Crippen LogP contribution >= 0.6 is 0 Å². The number of carbonyl (C=O) groups excluding carboxylic acids is 1. The van der Waals surface area contributed by atoms with Crippen molar-refractivity contribution in [1.82, 2.24) is 0 Å². The van der Waals surface area contributed by atoms with Gasteiger partial charge in [-0.15, -0.1) is 5.73 Å². The Bertz CT molecular complexity index is 280. The second kappa shape index (κ2) is 8.99. The molecule has 0 aromatic rings. The number of hydrogen-bond donors (Lipinski definition) is 0. The van der Waals surface area contributed by atoms with Crippen molar-refractivity contribution in [3.05, 3.63) is 18.4 Å². The average molecular weight is 252 g/mol. The van der Waals surface area contributed by atoms with Crippen molar-refractivity contribution in [3.8, 4) is 0 Å². The van der Waals surface area contributed by atoms with Crippen LogP contribution in [0.2, 0.25) is 0 Å². The molecule has 0 fully saturated rings. The van der Waals surface area contributed by atoms with Gasteiger partial charge in [-0.3, -0.25) is 4.79 Å². The summed E-state index contributed by atoms with van der Waals surface area (Å²) in [4.78, 5) is 11.8. The number of rotatable bonds is 8. The maximum Gasteiger partial charge on any atom is 0.311 e. The number of unbranched alkanes of at least 4 members (excludes halogenated alkanes) is 4. The smallest absolute Gasteiger partial charge is 0.311 e. The summed E-state index contributed by atoms with van der Waals surface area (Å²) in [7, 11) is 0. The molecule has 104 valence electrons. The highest BCUT2D eigenvalue weighted by Gasteiger charge is 2.25. The van der Waals surface area contributed by atoms with E-state index < -0.39 is 5.41 Å². The van der Waals surface area contributed by atoms with Gasteiger partial charge in [-0.25, -0.2) is 0 Å². The van der Waals surface area contributed by atoms with Crippen LogP contribution in [0.25, 0.3) is 0 Å². The van der Waals surface area contributed by atoms with E-state index in [1.807, 2.05) is 20.8 Å². The molecule has 0 spiro atoms. The highest BCUT2D eigenvalue weighted by molar-refractivity contribution is 5.75. The minimum Gasteiger partial charge on any atom is -0.457 e. The van der Waals surface area contributed by atoms with Crippen LogP contribution in [0.4, 0.5) is 0 Å². The van der Waals surface area contributed by atoms with Crippen molar-refractivity contribution >= 4 is 5.97 Å². The van der Waals surface area contributed by atoms with E-state index >= 15 is 0 Å². The Kier molecular flexibility index (Phi) is 8.49. The van der Waals surface area contributed by atoms with E-state index in [2.05, 4.69) is 19.2 Å². The molecule has 2 heteroatoms. The normalized spacial score (nSPS) is 12.7. The molecule has 18 heavy (non-hydrogen) atoms. The summed E-state index contributed by atoms with van der Waals surface area (Å²) in [5.41, 5.74) is 2.28. The van der Waals surface area contributed by atoms with E-state index in [0.717, 1.165) is 12.8 Å². The Labute approximate surface area is 112 Å². The molecule has 1 atom stereocenters. The summed E-state index contributed by atoms with van der Waals surface area (Å²) in [5.74, 6) is -0.160. The molecule has 0 amide bonds. The lowest BCUT2D eigenvalue weighted by molar-refractivity contribution is -0.156. The van der Waals surface area contributed by atoms with Gasteiger partial charge in [0.05, 0.1) is 5.41 Å². The average Bonchev–Trinajstić information content (AvgIpc) is 2.27. The van der Waals surface area contributed by atoms with Crippen LogP contribution in [0.15, 0.2) is 18.4 Å². The second-order valence-electron chi connectivity index (χ2n) is 5.77. The van der Waals surface area contributed by atoms with Gasteiger partial charge in [0, 0.05) is 0 Å². The fourth-order valence-corrected chi connectivity index (χ4v) is 1.57. The van der Waals surface area contributed by atoms with E-state index in [9.17, 15) is 4.79 Å². The van der Waals surface area contributed by atoms with Crippen LogP contribution in [-0.2, 0) is 9.53 Å². The standard InChI is InChI=1S/C16H28O2/c1-6-8-9-10-11-13-14(12-7-2)18-15(17)16(3,4)5/h12,14H,2,6,8-11,13H2,1,3-5H3. The molecule has 0 aromatic heterocycles. The Hall–Kier alpha value is -1.01. The van der Waals surface area contributed by atoms with Crippen LogP contribution in [0.3, 0.4) is 0 Å². The maximum absolute atomic E-state index is 11.8. The van der Waals surface area contributed by atoms with Crippen LogP contribution in [0, 0.1) is 5.41 Å². The van der Waals surface area contributed by atoms with Crippen molar-refractivity contribution in [2.75, 3.05) is 0 Å². The second-order valence-corrected chi connectivity index (χ2v) is 5.77. The van der Waals surface area contributed by atoms with Gasteiger partial charge in [0.2, 0.25) is 0 Å². The zero-order valence-corrected chi connectivity index (χ0v) is 12.4. The lowest BCUT2D eigenvalue weighted by Gasteiger charge is -2.21. The first-order chi connectivity index (χ1) is 8.41. The molecule has 2 nitrogen and oxygen atoms in total. The summed E-state index contributed by atoms with van der Waals surface area (Å²) in [6.07, 6.45) is 8.52. The summed E-state index contributed by atoms with van der Waals surface area (Å²) in [6.45, 7) is 11.4. The van der Waals surface area contributed by atoms with Gasteiger partial charge in [-0.2, -0.15) is 0 Å². The monoisotopic (exact) mass is 252 g/mol. The van der Waals surface area contributed by atoms with Gasteiger partial charge in [-0.05, 0) is 39.7 Å². The molecule has 0 saturated heterocycles. The van der Waals surface area contributed by atoms with Gasteiger partial charge >= 0.3 is 5.97 Å². The van der Waals surface area contributed by atoms with Gasteiger partial charge in [0.15, 0.2) is 0 Å². The maximum atomic E-state index is 11.8. The quantitative estimate of drug-likeness (QED) is 0.357. The molecule has 0 aromatic carbocycles. The fraction of sp³-hybridized carbons (Fsp3) is 0.750. The van der Waals surface area contributed by atoms with E-state index in [-0.39, 0.29) is 12.1 Å². The highest BCUT2D eigenvalue weighted by atomic mass is 16.5. The van der Waals surface area contributed by atoms with Crippen molar-refractivity contribution in [2.24, 2.45) is 5.41 Å². The van der Waals surface area contributed by atoms with Crippen LogP contribution < -0.4 is 0 Å². The van der Waals surface area contributed by atoms with Gasteiger partial charge in [-0.1, -0.05) is 39.2 Å². The van der Waals surface area contributed by atoms with Gasteiger partial charge < -0.3 is 4.74 Å². The lowest BCUT2D eigenvalue weighted by Crippen LogP contribution is -2.27. The molecule has 0 aliphatic heterocycles. The first-order valence-corrected chi connectivity index (χ1v) is 6.98. The summed E-state index contributed by atoms with van der Waals surface area (Å²) < 4.78 is 5.46. The van der Waals surface area contributed by atoms with Gasteiger partial charge in [0.1, 0.15) is 6.10 Å². The first-order valence-electron chi connectivity index (χ1n) is 6.98. The third-order valence-electron chi connectivity index (χ3n) is 2.77. The van der Waals surface area contributed by atoms with Crippen LogP contribution in [0.5, 0.6) is 0 Å². The zero-order valence-electron chi connectivity index (χ0n) is 12.4. The van der Waals surface area contributed by atoms with Crippen molar-refractivity contribution < 1.29 is 9.53 Å². The number of carbonyl (C=O) groups is 1. The highest BCUT2D eigenvalue weighted by Crippen LogP contribution is 2.19. The Morgan fingerprint density at radius 3 is 2.39 bits per heavy atom. The van der Waals surface area contributed by atoms with Crippen molar-refractivity contribution in [2.45, 2.75) is 72.3 Å². The fourth-order valence-electron chi connectivity index (χ4n) is 1.57. The molecule has 0 radical (unpaired) electrons.